The zero-order chi connectivity index (χ0) is 13.2. The van der Waals surface area contributed by atoms with Gasteiger partial charge in [0, 0.05) is 0 Å². The van der Waals surface area contributed by atoms with Crippen molar-refractivity contribution >= 4 is 0 Å². The molecular weight excluding hydrogens is 226 g/mol. The second kappa shape index (κ2) is 5.29. The number of aliphatic hydroxyl groups excluding tert-OH is 1. The third kappa shape index (κ3) is 2.25. The smallest absolute Gasteiger partial charge is 0.118 e. The van der Waals surface area contributed by atoms with E-state index < -0.39 is 6.10 Å². The average Bonchev–Trinajstić information content (AvgIpc) is 2.88. The molecule has 1 N–H and O–H groups in total. The second-order valence-electron chi connectivity index (χ2n) is 5.38. The molecule has 0 saturated heterocycles. The number of aliphatic hydroxyl groups is 1. The minimum absolute atomic E-state index is 0.103. The van der Waals surface area contributed by atoms with Crippen LogP contribution in [-0.2, 0) is 0 Å². The first-order valence-corrected chi connectivity index (χ1v) is 6.59. The zero-order valence-corrected chi connectivity index (χ0v) is 11.5. The van der Waals surface area contributed by atoms with Gasteiger partial charge in [0.1, 0.15) is 5.75 Å². The van der Waals surface area contributed by atoms with Crippen molar-refractivity contribution in [2.24, 2.45) is 0 Å². The molecule has 3 nitrogen and oxygen atoms in total. The SMILES string of the molecule is COc1ccc(C(O)C2(N(C)C)CCCC2)cc1. The van der Waals surface area contributed by atoms with Gasteiger partial charge in [0.05, 0.1) is 18.8 Å². The second-order valence-corrected chi connectivity index (χ2v) is 5.38. The molecule has 18 heavy (non-hydrogen) atoms. The molecule has 0 radical (unpaired) electrons. The van der Waals surface area contributed by atoms with Crippen LogP contribution in [0.15, 0.2) is 24.3 Å². The van der Waals surface area contributed by atoms with Gasteiger partial charge in [-0.25, -0.2) is 0 Å². The molecule has 0 aliphatic heterocycles. The van der Waals surface area contributed by atoms with E-state index in [9.17, 15) is 5.11 Å². The molecule has 0 aromatic heterocycles. The largest absolute Gasteiger partial charge is 0.497 e. The Labute approximate surface area is 109 Å². The van der Waals surface area contributed by atoms with Crippen molar-refractivity contribution < 1.29 is 9.84 Å². The number of likely N-dealkylation sites (N-methyl/N-ethyl adjacent to an activating group) is 1. The lowest BCUT2D eigenvalue weighted by atomic mass is 9.85. The third-order valence-electron chi connectivity index (χ3n) is 4.30. The van der Waals surface area contributed by atoms with E-state index in [4.69, 9.17) is 4.74 Å². The number of nitrogens with zero attached hydrogens (tertiary/aromatic N) is 1. The van der Waals surface area contributed by atoms with Gasteiger partial charge < -0.3 is 14.7 Å². The van der Waals surface area contributed by atoms with Crippen LogP contribution in [0.25, 0.3) is 0 Å². The van der Waals surface area contributed by atoms with E-state index in [1.807, 2.05) is 24.3 Å². The Bertz CT molecular complexity index is 380. The van der Waals surface area contributed by atoms with Crippen LogP contribution in [0.2, 0.25) is 0 Å². The molecule has 2 rings (SSSR count). The first-order valence-electron chi connectivity index (χ1n) is 6.59. The van der Waals surface area contributed by atoms with Crippen LogP contribution < -0.4 is 4.74 Å². The minimum Gasteiger partial charge on any atom is -0.497 e. The lowest BCUT2D eigenvalue weighted by Gasteiger charge is -2.40. The van der Waals surface area contributed by atoms with Gasteiger partial charge in [0.2, 0.25) is 0 Å². The summed E-state index contributed by atoms with van der Waals surface area (Å²) in [5, 5.41) is 10.7. The highest BCUT2D eigenvalue weighted by molar-refractivity contribution is 5.30. The topological polar surface area (TPSA) is 32.7 Å². The monoisotopic (exact) mass is 249 g/mol. The molecular formula is C15H23NO2. The number of ether oxygens (including phenoxy) is 1. The van der Waals surface area contributed by atoms with E-state index in [2.05, 4.69) is 19.0 Å². The maximum Gasteiger partial charge on any atom is 0.118 e. The van der Waals surface area contributed by atoms with E-state index in [-0.39, 0.29) is 5.54 Å². The summed E-state index contributed by atoms with van der Waals surface area (Å²) < 4.78 is 5.15. The fraction of sp³-hybridized carbons (Fsp3) is 0.600. The first kappa shape index (κ1) is 13.4. The summed E-state index contributed by atoms with van der Waals surface area (Å²) in [5.74, 6) is 0.830. The van der Waals surface area contributed by atoms with Gasteiger partial charge in [-0.15, -0.1) is 0 Å². The van der Waals surface area contributed by atoms with Gasteiger partial charge in [-0.3, -0.25) is 0 Å². The number of rotatable bonds is 4. The van der Waals surface area contributed by atoms with Gasteiger partial charge in [0.15, 0.2) is 0 Å². The van der Waals surface area contributed by atoms with E-state index in [0.29, 0.717) is 0 Å². The van der Waals surface area contributed by atoms with Crippen molar-refractivity contribution in [1.82, 2.24) is 4.90 Å². The molecule has 100 valence electrons. The Balaban J connectivity index is 2.25. The molecule has 0 amide bonds. The predicted octanol–water partition coefficient (Wildman–Crippen LogP) is 2.60. The summed E-state index contributed by atoms with van der Waals surface area (Å²) in [6.07, 6.45) is 4.10. The van der Waals surface area contributed by atoms with Gasteiger partial charge in [-0.1, -0.05) is 25.0 Å². The summed E-state index contributed by atoms with van der Waals surface area (Å²) in [6, 6.07) is 7.76. The molecule has 1 aromatic rings. The standard InChI is InChI=1S/C15H23NO2/c1-16(2)15(10-4-5-11-15)14(17)12-6-8-13(18-3)9-7-12/h6-9,14,17H,4-5,10-11H2,1-3H3. The number of benzene rings is 1. The maximum absolute atomic E-state index is 10.7. The first-order chi connectivity index (χ1) is 8.60. The van der Waals surface area contributed by atoms with E-state index in [1.165, 1.54) is 12.8 Å². The van der Waals surface area contributed by atoms with Crippen molar-refractivity contribution in [1.29, 1.82) is 0 Å². The summed E-state index contributed by atoms with van der Waals surface area (Å²) in [4.78, 5) is 2.19. The van der Waals surface area contributed by atoms with Crippen LogP contribution in [0, 0.1) is 0 Å². The van der Waals surface area contributed by atoms with E-state index >= 15 is 0 Å². The Kier molecular flexibility index (Phi) is 3.93. The van der Waals surface area contributed by atoms with E-state index in [1.54, 1.807) is 7.11 Å². The van der Waals surface area contributed by atoms with Crippen molar-refractivity contribution in [2.75, 3.05) is 21.2 Å². The summed E-state index contributed by atoms with van der Waals surface area (Å²) >= 11 is 0. The fourth-order valence-corrected chi connectivity index (χ4v) is 3.05. The highest BCUT2D eigenvalue weighted by atomic mass is 16.5. The number of methoxy groups -OCH3 is 1. The average molecular weight is 249 g/mol. The normalized spacial score (nSPS) is 20.1. The Morgan fingerprint density at radius 1 is 1.17 bits per heavy atom. The quantitative estimate of drug-likeness (QED) is 0.890. The predicted molar refractivity (Wildman–Crippen MR) is 72.8 cm³/mol. The highest BCUT2D eigenvalue weighted by Crippen LogP contribution is 2.43. The molecule has 1 aromatic carbocycles. The number of hydrogen-bond donors (Lipinski definition) is 1. The van der Waals surface area contributed by atoms with Gasteiger partial charge in [0.25, 0.3) is 0 Å². The van der Waals surface area contributed by atoms with E-state index in [0.717, 1.165) is 24.2 Å². The molecule has 1 fully saturated rings. The lowest BCUT2D eigenvalue weighted by molar-refractivity contribution is -0.00476. The van der Waals surface area contributed by atoms with Crippen LogP contribution in [-0.4, -0.2) is 36.8 Å². The van der Waals surface area contributed by atoms with Crippen molar-refractivity contribution in [3.05, 3.63) is 29.8 Å². The Morgan fingerprint density at radius 3 is 2.17 bits per heavy atom. The molecule has 3 heteroatoms. The minimum atomic E-state index is -0.430. The molecule has 0 bridgehead atoms. The zero-order valence-electron chi connectivity index (χ0n) is 11.5. The fourth-order valence-electron chi connectivity index (χ4n) is 3.05. The maximum atomic E-state index is 10.7. The Hall–Kier alpha value is -1.06. The molecule has 1 aliphatic carbocycles. The third-order valence-corrected chi connectivity index (χ3v) is 4.30. The Morgan fingerprint density at radius 2 is 1.72 bits per heavy atom. The lowest BCUT2D eigenvalue weighted by Crippen LogP contribution is -2.46. The molecule has 0 heterocycles. The molecule has 1 atom stereocenters. The summed E-state index contributed by atoms with van der Waals surface area (Å²) in [6.45, 7) is 0. The number of hydrogen-bond acceptors (Lipinski definition) is 3. The van der Waals surface area contributed by atoms with Crippen LogP contribution in [0.4, 0.5) is 0 Å². The van der Waals surface area contributed by atoms with Crippen LogP contribution in [0.3, 0.4) is 0 Å². The van der Waals surface area contributed by atoms with Crippen molar-refractivity contribution in [3.63, 3.8) is 0 Å². The van der Waals surface area contributed by atoms with Crippen molar-refractivity contribution in [2.45, 2.75) is 37.3 Å². The highest BCUT2D eigenvalue weighted by Gasteiger charge is 2.43. The molecule has 1 unspecified atom stereocenters. The molecule has 0 spiro atoms. The van der Waals surface area contributed by atoms with Crippen LogP contribution in [0.1, 0.15) is 37.4 Å². The van der Waals surface area contributed by atoms with Gasteiger partial charge in [-0.2, -0.15) is 0 Å². The van der Waals surface area contributed by atoms with Crippen LogP contribution >= 0.6 is 0 Å². The van der Waals surface area contributed by atoms with Gasteiger partial charge >= 0.3 is 0 Å². The van der Waals surface area contributed by atoms with Gasteiger partial charge in [-0.05, 0) is 44.6 Å². The summed E-state index contributed by atoms with van der Waals surface area (Å²) in [7, 11) is 5.79. The molecule has 1 aliphatic rings. The van der Waals surface area contributed by atoms with Crippen LogP contribution in [0.5, 0.6) is 5.75 Å². The summed E-state index contributed by atoms with van der Waals surface area (Å²) in [5.41, 5.74) is 0.876. The van der Waals surface area contributed by atoms with Crippen molar-refractivity contribution in [3.8, 4) is 5.75 Å². The molecule has 1 saturated carbocycles.